The Morgan fingerprint density at radius 3 is 2.39 bits per heavy atom. The molecule has 1 aromatic carbocycles. The second-order valence-corrected chi connectivity index (χ2v) is 4.77. The Hall–Kier alpha value is -1.32. The van der Waals surface area contributed by atoms with Gasteiger partial charge in [0.15, 0.2) is 5.79 Å². The zero-order valence-electron chi connectivity index (χ0n) is 10.6. The predicted octanol–water partition coefficient (Wildman–Crippen LogP) is 3.01. The van der Waals surface area contributed by atoms with Crippen LogP contribution in [0.4, 0.5) is 0 Å². The molecule has 18 heavy (non-hydrogen) atoms. The third-order valence-corrected chi connectivity index (χ3v) is 3.71. The van der Waals surface area contributed by atoms with Crippen LogP contribution >= 0.6 is 0 Å². The van der Waals surface area contributed by atoms with Crippen molar-refractivity contribution in [3.05, 3.63) is 35.9 Å². The zero-order valence-corrected chi connectivity index (χ0v) is 10.6. The number of hydrogen-bond acceptors (Lipinski definition) is 3. The van der Waals surface area contributed by atoms with Gasteiger partial charge in [0.1, 0.15) is 5.75 Å². The first-order chi connectivity index (χ1) is 8.81. The van der Waals surface area contributed by atoms with Gasteiger partial charge >= 0.3 is 0 Å². The van der Waals surface area contributed by atoms with E-state index in [4.69, 9.17) is 14.2 Å². The van der Waals surface area contributed by atoms with Crippen LogP contribution in [0.5, 0.6) is 5.75 Å². The summed E-state index contributed by atoms with van der Waals surface area (Å²) in [5.41, 5.74) is 2.64. The molecule has 0 aromatic heterocycles. The third-order valence-electron chi connectivity index (χ3n) is 3.71. The molecule has 1 aliphatic heterocycles. The van der Waals surface area contributed by atoms with Crippen molar-refractivity contribution in [3.63, 3.8) is 0 Å². The van der Waals surface area contributed by atoms with Crippen LogP contribution < -0.4 is 4.74 Å². The molecule has 96 valence electrons. The minimum absolute atomic E-state index is 0.323. The normalized spacial score (nSPS) is 21.9. The van der Waals surface area contributed by atoms with Gasteiger partial charge in [-0.05, 0) is 29.7 Å². The Balaban J connectivity index is 1.75. The van der Waals surface area contributed by atoms with Gasteiger partial charge in [-0.15, -0.1) is 0 Å². The monoisotopic (exact) mass is 246 g/mol. The summed E-state index contributed by atoms with van der Waals surface area (Å²) in [5.74, 6) is 0.574. The summed E-state index contributed by atoms with van der Waals surface area (Å²) < 4.78 is 16.6. The van der Waals surface area contributed by atoms with E-state index in [1.54, 1.807) is 7.11 Å². The molecule has 1 saturated heterocycles. The first-order valence-corrected chi connectivity index (χ1v) is 6.43. The fourth-order valence-corrected chi connectivity index (χ4v) is 2.63. The Morgan fingerprint density at radius 2 is 1.83 bits per heavy atom. The number of methoxy groups -OCH3 is 1. The molecule has 2 aliphatic rings. The van der Waals surface area contributed by atoms with E-state index < -0.39 is 0 Å². The van der Waals surface area contributed by atoms with Crippen molar-refractivity contribution in [3.8, 4) is 5.75 Å². The van der Waals surface area contributed by atoms with Crippen LogP contribution in [0.3, 0.4) is 0 Å². The second kappa shape index (κ2) is 4.75. The summed E-state index contributed by atoms with van der Waals surface area (Å²) in [4.78, 5) is 0. The van der Waals surface area contributed by atoms with E-state index in [9.17, 15) is 0 Å². The molecule has 0 bridgehead atoms. The van der Waals surface area contributed by atoms with Crippen LogP contribution in [-0.4, -0.2) is 26.1 Å². The van der Waals surface area contributed by atoms with Gasteiger partial charge in [-0.1, -0.05) is 18.2 Å². The largest absolute Gasteiger partial charge is 0.497 e. The van der Waals surface area contributed by atoms with Crippen molar-refractivity contribution in [1.82, 2.24) is 0 Å². The van der Waals surface area contributed by atoms with Gasteiger partial charge in [-0.3, -0.25) is 0 Å². The third kappa shape index (κ3) is 2.16. The van der Waals surface area contributed by atoms with Gasteiger partial charge < -0.3 is 14.2 Å². The first-order valence-electron chi connectivity index (χ1n) is 6.43. The van der Waals surface area contributed by atoms with Crippen LogP contribution in [0.1, 0.15) is 24.8 Å². The lowest BCUT2D eigenvalue weighted by Gasteiger charge is -2.30. The minimum atomic E-state index is -0.323. The summed E-state index contributed by atoms with van der Waals surface area (Å²) in [6.07, 6.45) is 5.06. The molecular formula is C15H18O3. The molecule has 0 unspecified atom stereocenters. The number of ether oxygens (including phenoxy) is 3. The fraction of sp³-hybridized carbons (Fsp3) is 0.467. The van der Waals surface area contributed by atoms with E-state index in [0.29, 0.717) is 0 Å². The molecule has 1 fully saturated rings. The highest BCUT2D eigenvalue weighted by atomic mass is 16.7. The first kappa shape index (κ1) is 11.8. The van der Waals surface area contributed by atoms with Gasteiger partial charge in [0, 0.05) is 12.8 Å². The van der Waals surface area contributed by atoms with Gasteiger partial charge in [-0.2, -0.15) is 0 Å². The molecule has 1 aromatic rings. The highest BCUT2D eigenvalue weighted by Crippen LogP contribution is 2.38. The quantitative estimate of drug-likeness (QED) is 0.803. The number of rotatable bonds is 2. The fourth-order valence-electron chi connectivity index (χ4n) is 2.63. The predicted molar refractivity (Wildman–Crippen MR) is 69.5 cm³/mol. The number of hydrogen-bond donors (Lipinski definition) is 0. The van der Waals surface area contributed by atoms with E-state index >= 15 is 0 Å². The minimum Gasteiger partial charge on any atom is -0.497 e. The van der Waals surface area contributed by atoms with Gasteiger partial charge in [0.25, 0.3) is 0 Å². The van der Waals surface area contributed by atoms with Gasteiger partial charge in [-0.25, -0.2) is 0 Å². The Bertz CT molecular complexity index is 441. The number of benzene rings is 1. The molecule has 1 aliphatic carbocycles. The highest BCUT2D eigenvalue weighted by molar-refractivity contribution is 5.67. The van der Waals surface area contributed by atoms with E-state index in [1.807, 2.05) is 12.1 Å². The summed E-state index contributed by atoms with van der Waals surface area (Å²) in [6.45, 7) is 1.46. The molecule has 1 heterocycles. The lowest BCUT2D eigenvalue weighted by molar-refractivity contribution is -0.159. The van der Waals surface area contributed by atoms with Crippen molar-refractivity contribution in [2.45, 2.75) is 25.0 Å². The van der Waals surface area contributed by atoms with Crippen molar-refractivity contribution in [2.75, 3.05) is 20.3 Å². The van der Waals surface area contributed by atoms with E-state index in [2.05, 4.69) is 18.2 Å². The average molecular weight is 246 g/mol. The van der Waals surface area contributed by atoms with Gasteiger partial charge in [0.05, 0.1) is 20.3 Å². The lowest BCUT2D eigenvalue weighted by Crippen LogP contribution is -2.31. The Labute approximate surface area is 107 Å². The van der Waals surface area contributed by atoms with E-state index in [1.165, 1.54) is 11.1 Å². The molecule has 3 rings (SSSR count). The molecule has 3 nitrogen and oxygen atoms in total. The SMILES string of the molecule is COc1ccc(C2=CCC3(CC2)OCCO3)cc1. The molecule has 0 radical (unpaired) electrons. The molecule has 0 atom stereocenters. The van der Waals surface area contributed by atoms with Crippen molar-refractivity contribution < 1.29 is 14.2 Å². The van der Waals surface area contributed by atoms with Crippen molar-refractivity contribution in [2.24, 2.45) is 0 Å². The van der Waals surface area contributed by atoms with Crippen molar-refractivity contribution >= 4 is 5.57 Å². The maximum absolute atomic E-state index is 5.72. The van der Waals surface area contributed by atoms with Crippen LogP contribution in [0.15, 0.2) is 30.3 Å². The summed E-state index contributed by atoms with van der Waals surface area (Å²) >= 11 is 0. The van der Waals surface area contributed by atoms with Gasteiger partial charge in [0.2, 0.25) is 0 Å². The standard InChI is InChI=1S/C15H18O3/c1-16-14-4-2-12(3-5-14)13-6-8-15(9-7-13)17-10-11-18-15/h2-6H,7-11H2,1H3. The van der Waals surface area contributed by atoms with E-state index in [0.717, 1.165) is 38.2 Å². The molecular weight excluding hydrogens is 228 g/mol. The van der Waals surface area contributed by atoms with Crippen LogP contribution in [0.25, 0.3) is 5.57 Å². The summed E-state index contributed by atoms with van der Waals surface area (Å²) in [6, 6.07) is 8.23. The smallest absolute Gasteiger partial charge is 0.172 e. The lowest BCUT2D eigenvalue weighted by atomic mass is 9.90. The van der Waals surface area contributed by atoms with Crippen LogP contribution in [0, 0.1) is 0 Å². The summed E-state index contributed by atoms with van der Waals surface area (Å²) in [7, 11) is 1.69. The Morgan fingerprint density at radius 1 is 1.11 bits per heavy atom. The van der Waals surface area contributed by atoms with Crippen LogP contribution in [-0.2, 0) is 9.47 Å². The molecule has 1 spiro atoms. The maximum atomic E-state index is 5.72. The van der Waals surface area contributed by atoms with E-state index in [-0.39, 0.29) is 5.79 Å². The summed E-state index contributed by atoms with van der Waals surface area (Å²) in [5, 5.41) is 0. The van der Waals surface area contributed by atoms with Crippen molar-refractivity contribution in [1.29, 1.82) is 0 Å². The topological polar surface area (TPSA) is 27.7 Å². The molecule has 3 heteroatoms. The average Bonchev–Trinajstić information content (AvgIpc) is 2.88. The molecule has 0 saturated carbocycles. The molecule has 0 amide bonds. The highest BCUT2D eigenvalue weighted by Gasteiger charge is 2.37. The zero-order chi connectivity index (χ0) is 12.4. The molecule has 0 N–H and O–H groups in total. The van der Waals surface area contributed by atoms with Crippen LogP contribution in [0.2, 0.25) is 0 Å². The maximum Gasteiger partial charge on any atom is 0.172 e. The Kier molecular flexibility index (Phi) is 3.10. The second-order valence-electron chi connectivity index (χ2n) is 4.77. The number of allylic oxidation sites excluding steroid dienone is 1.